The molecule has 1 aromatic heterocycles. The van der Waals surface area contributed by atoms with E-state index in [0.29, 0.717) is 11.4 Å². The van der Waals surface area contributed by atoms with E-state index < -0.39 is 0 Å². The molecule has 1 aromatic carbocycles. The smallest absolute Gasteiger partial charge is 0.137 e. The molecule has 0 bridgehead atoms. The number of aryl methyl sites for hydroxylation is 1. The van der Waals surface area contributed by atoms with E-state index >= 15 is 0 Å². The maximum absolute atomic E-state index is 13.5. The molecule has 0 saturated heterocycles. The second-order valence-electron chi connectivity index (χ2n) is 3.69. The highest BCUT2D eigenvalue weighted by atomic mass is 32.2. The number of benzene rings is 1. The van der Waals surface area contributed by atoms with Gasteiger partial charge in [-0.15, -0.1) is 0 Å². The van der Waals surface area contributed by atoms with Gasteiger partial charge in [0.05, 0.1) is 0 Å². The van der Waals surface area contributed by atoms with Crippen molar-refractivity contribution >= 4 is 11.8 Å². The van der Waals surface area contributed by atoms with Crippen LogP contribution in [0, 0.1) is 12.7 Å². The van der Waals surface area contributed by atoms with Gasteiger partial charge in [-0.2, -0.15) is 0 Å². The van der Waals surface area contributed by atoms with E-state index in [9.17, 15) is 4.39 Å². The molecule has 0 amide bonds. The molecule has 0 radical (unpaired) electrons. The Hall–Kier alpha value is -1.39. The average Bonchev–Trinajstić information content (AvgIpc) is 2.31. The summed E-state index contributed by atoms with van der Waals surface area (Å²) in [6.45, 7) is 2.37. The van der Waals surface area contributed by atoms with Crippen LogP contribution in [0.4, 0.5) is 4.39 Å². The van der Waals surface area contributed by atoms with Crippen molar-refractivity contribution in [3.8, 4) is 0 Å². The molecule has 0 spiro atoms. The van der Waals surface area contributed by atoms with Crippen LogP contribution in [-0.2, 0) is 6.54 Å². The number of rotatable bonds is 3. The Kier molecular flexibility index (Phi) is 3.76. The maximum atomic E-state index is 13.5. The molecule has 0 unspecified atom stereocenters. The largest absolute Gasteiger partial charge is 0.326 e. The number of nitrogens with two attached hydrogens (primary N) is 1. The molecule has 2 rings (SSSR count). The van der Waals surface area contributed by atoms with Crippen molar-refractivity contribution in [2.45, 2.75) is 23.4 Å². The number of hydrogen-bond acceptors (Lipinski definition) is 3. The minimum atomic E-state index is -0.227. The van der Waals surface area contributed by atoms with Gasteiger partial charge in [-0.05, 0) is 36.8 Å². The summed E-state index contributed by atoms with van der Waals surface area (Å²) in [4.78, 5) is 4.94. The average molecular weight is 248 g/mol. The summed E-state index contributed by atoms with van der Waals surface area (Å²) >= 11 is 1.32. The molecule has 0 atom stereocenters. The quantitative estimate of drug-likeness (QED) is 0.907. The molecular weight excluding hydrogens is 235 g/mol. The van der Waals surface area contributed by atoms with E-state index in [1.165, 1.54) is 17.8 Å². The molecule has 0 aliphatic rings. The fourth-order valence-corrected chi connectivity index (χ4v) is 2.45. The molecule has 0 fully saturated rings. The van der Waals surface area contributed by atoms with Crippen LogP contribution in [0.1, 0.15) is 11.3 Å². The Morgan fingerprint density at radius 1 is 1.29 bits per heavy atom. The third-order valence-corrected chi connectivity index (χ3v) is 3.25. The standard InChI is InChI=1S/C13H13FN2S/c1-9-6-10(8-15)7-13(16-9)17-12-5-3-2-4-11(12)14/h2-7H,8,15H2,1H3. The summed E-state index contributed by atoms with van der Waals surface area (Å²) in [7, 11) is 0. The summed E-state index contributed by atoms with van der Waals surface area (Å²) in [5.41, 5.74) is 7.51. The van der Waals surface area contributed by atoms with Gasteiger partial charge in [0, 0.05) is 17.1 Å². The first-order chi connectivity index (χ1) is 8.19. The molecule has 17 heavy (non-hydrogen) atoms. The van der Waals surface area contributed by atoms with Crippen molar-refractivity contribution in [2.24, 2.45) is 5.73 Å². The number of pyridine rings is 1. The molecule has 0 aliphatic heterocycles. The van der Waals surface area contributed by atoms with Crippen LogP contribution in [0.3, 0.4) is 0 Å². The fourth-order valence-electron chi connectivity index (χ4n) is 1.52. The predicted molar refractivity (Wildman–Crippen MR) is 67.4 cm³/mol. The van der Waals surface area contributed by atoms with Crippen molar-refractivity contribution in [2.75, 3.05) is 0 Å². The molecule has 2 nitrogen and oxygen atoms in total. The van der Waals surface area contributed by atoms with Gasteiger partial charge in [0.2, 0.25) is 0 Å². The minimum Gasteiger partial charge on any atom is -0.326 e. The first-order valence-corrected chi connectivity index (χ1v) is 6.10. The molecule has 0 aliphatic carbocycles. The van der Waals surface area contributed by atoms with Crippen LogP contribution in [-0.4, -0.2) is 4.98 Å². The third kappa shape index (κ3) is 3.05. The van der Waals surface area contributed by atoms with Gasteiger partial charge >= 0.3 is 0 Å². The van der Waals surface area contributed by atoms with Crippen LogP contribution >= 0.6 is 11.8 Å². The molecule has 2 aromatic rings. The second-order valence-corrected chi connectivity index (χ2v) is 4.75. The van der Waals surface area contributed by atoms with Gasteiger partial charge in [-0.1, -0.05) is 23.9 Å². The maximum Gasteiger partial charge on any atom is 0.137 e. The zero-order chi connectivity index (χ0) is 12.3. The summed E-state index contributed by atoms with van der Waals surface area (Å²) in [6.07, 6.45) is 0. The molecule has 1 heterocycles. The second kappa shape index (κ2) is 5.29. The van der Waals surface area contributed by atoms with Crippen molar-refractivity contribution < 1.29 is 4.39 Å². The normalized spacial score (nSPS) is 10.5. The van der Waals surface area contributed by atoms with E-state index in [4.69, 9.17) is 5.73 Å². The zero-order valence-corrected chi connectivity index (χ0v) is 10.3. The van der Waals surface area contributed by atoms with E-state index in [2.05, 4.69) is 4.98 Å². The lowest BCUT2D eigenvalue weighted by molar-refractivity contribution is 0.602. The monoisotopic (exact) mass is 248 g/mol. The highest BCUT2D eigenvalue weighted by Crippen LogP contribution is 2.28. The van der Waals surface area contributed by atoms with Crippen molar-refractivity contribution in [1.82, 2.24) is 4.98 Å². The lowest BCUT2D eigenvalue weighted by Crippen LogP contribution is -1.98. The van der Waals surface area contributed by atoms with E-state index in [0.717, 1.165) is 16.3 Å². The lowest BCUT2D eigenvalue weighted by atomic mass is 10.2. The number of aromatic nitrogens is 1. The van der Waals surface area contributed by atoms with Crippen molar-refractivity contribution in [3.05, 3.63) is 53.5 Å². The Labute approximate surface area is 104 Å². The SMILES string of the molecule is Cc1cc(CN)cc(Sc2ccccc2F)n1. The fraction of sp³-hybridized carbons (Fsp3) is 0.154. The van der Waals surface area contributed by atoms with Gasteiger partial charge in [0.1, 0.15) is 10.8 Å². The Bertz CT molecular complexity index is 529. The summed E-state index contributed by atoms with van der Waals surface area (Å²) in [5, 5.41) is 0.774. The summed E-state index contributed by atoms with van der Waals surface area (Å²) < 4.78 is 13.5. The Balaban J connectivity index is 2.30. The topological polar surface area (TPSA) is 38.9 Å². The van der Waals surface area contributed by atoms with Crippen LogP contribution in [0.25, 0.3) is 0 Å². The predicted octanol–water partition coefficient (Wildman–Crippen LogP) is 3.14. The first kappa shape index (κ1) is 12.1. The van der Waals surface area contributed by atoms with Gasteiger partial charge in [-0.3, -0.25) is 0 Å². The van der Waals surface area contributed by atoms with Gasteiger partial charge in [-0.25, -0.2) is 9.37 Å². The highest BCUT2D eigenvalue weighted by molar-refractivity contribution is 7.99. The Morgan fingerprint density at radius 2 is 2.06 bits per heavy atom. The van der Waals surface area contributed by atoms with Gasteiger partial charge in [0.25, 0.3) is 0 Å². The number of hydrogen-bond donors (Lipinski definition) is 1. The van der Waals surface area contributed by atoms with Gasteiger partial charge in [0.15, 0.2) is 0 Å². The molecule has 2 N–H and O–H groups in total. The summed E-state index contributed by atoms with van der Waals surface area (Å²) in [6, 6.07) is 10.5. The van der Waals surface area contributed by atoms with Crippen LogP contribution in [0.2, 0.25) is 0 Å². The third-order valence-electron chi connectivity index (χ3n) is 2.28. The Morgan fingerprint density at radius 3 is 2.76 bits per heavy atom. The van der Waals surface area contributed by atoms with E-state index in [1.54, 1.807) is 12.1 Å². The van der Waals surface area contributed by atoms with Gasteiger partial charge < -0.3 is 5.73 Å². The summed E-state index contributed by atoms with van der Waals surface area (Å²) in [5.74, 6) is -0.227. The van der Waals surface area contributed by atoms with Crippen LogP contribution in [0.5, 0.6) is 0 Å². The van der Waals surface area contributed by atoms with Crippen molar-refractivity contribution in [3.63, 3.8) is 0 Å². The van der Waals surface area contributed by atoms with E-state index in [1.807, 2.05) is 25.1 Å². The minimum absolute atomic E-state index is 0.227. The number of halogens is 1. The number of nitrogens with zero attached hydrogens (tertiary/aromatic N) is 1. The molecular formula is C13H13FN2S. The van der Waals surface area contributed by atoms with E-state index in [-0.39, 0.29) is 5.82 Å². The molecule has 0 saturated carbocycles. The van der Waals surface area contributed by atoms with Crippen LogP contribution < -0.4 is 5.73 Å². The van der Waals surface area contributed by atoms with Crippen LogP contribution in [0.15, 0.2) is 46.3 Å². The lowest BCUT2D eigenvalue weighted by Gasteiger charge is -2.05. The highest BCUT2D eigenvalue weighted by Gasteiger charge is 2.05. The van der Waals surface area contributed by atoms with Crippen molar-refractivity contribution in [1.29, 1.82) is 0 Å². The molecule has 4 heteroatoms. The molecule has 88 valence electrons. The first-order valence-electron chi connectivity index (χ1n) is 5.29. The zero-order valence-electron chi connectivity index (χ0n) is 9.48.